The van der Waals surface area contributed by atoms with Crippen molar-refractivity contribution >= 4 is 28.9 Å². The van der Waals surface area contributed by atoms with Crippen molar-refractivity contribution < 1.29 is 0 Å². The van der Waals surface area contributed by atoms with Crippen LogP contribution in [0.3, 0.4) is 0 Å². The third-order valence-electron chi connectivity index (χ3n) is 3.94. The fraction of sp³-hybridized carbons (Fsp3) is 0.333. The summed E-state index contributed by atoms with van der Waals surface area (Å²) in [4.78, 5) is 13.2. The van der Waals surface area contributed by atoms with Crippen molar-refractivity contribution in [1.29, 1.82) is 0 Å². The average Bonchev–Trinajstić information content (AvgIpc) is 2.95. The molecule has 0 bridgehead atoms. The van der Waals surface area contributed by atoms with Crippen LogP contribution in [0.4, 0.5) is 11.6 Å². The Hall–Kier alpha value is -2.41. The van der Waals surface area contributed by atoms with Crippen LogP contribution < -0.4 is 9.80 Å². The maximum atomic E-state index is 5.89. The molecule has 118 valence electrons. The molecule has 0 spiro atoms. The summed E-state index contributed by atoms with van der Waals surface area (Å²) in [7, 11) is 0. The van der Waals surface area contributed by atoms with Gasteiger partial charge in [0.25, 0.3) is 0 Å². The van der Waals surface area contributed by atoms with E-state index in [-0.39, 0.29) is 0 Å². The molecule has 1 aliphatic heterocycles. The number of fused-ring (bicyclic) bond motifs is 1. The number of hydrogen-bond acceptors (Lipinski definition) is 6. The van der Waals surface area contributed by atoms with Crippen LogP contribution in [0.25, 0.3) is 5.65 Å². The van der Waals surface area contributed by atoms with Gasteiger partial charge in [0.1, 0.15) is 11.6 Å². The molecule has 4 rings (SSSR count). The van der Waals surface area contributed by atoms with Crippen molar-refractivity contribution in [3.8, 4) is 0 Å². The van der Waals surface area contributed by atoms with E-state index in [0.717, 1.165) is 49.3 Å². The highest BCUT2D eigenvalue weighted by molar-refractivity contribution is 6.30. The smallest absolute Gasteiger partial charge is 0.176 e. The topological polar surface area (TPSA) is 62.5 Å². The second-order valence-electron chi connectivity index (χ2n) is 5.51. The van der Waals surface area contributed by atoms with Crippen LogP contribution >= 0.6 is 11.6 Å². The summed E-state index contributed by atoms with van der Waals surface area (Å²) < 4.78 is 1.60. The molecule has 1 aliphatic rings. The summed E-state index contributed by atoms with van der Waals surface area (Å²) in [5, 5.41) is 9.48. The highest BCUT2D eigenvalue weighted by Crippen LogP contribution is 2.19. The first-order valence-electron chi connectivity index (χ1n) is 7.51. The predicted octanol–water partition coefficient (Wildman–Crippen LogP) is 1.81. The molecule has 0 radical (unpaired) electrons. The quantitative estimate of drug-likeness (QED) is 0.714. The standard InChI is InChI=1S/C15H16ClN7/c1-11-18-14-4-5-15(20-23(14)19-11)22-8-6-21(7-9-22)13-3-2-12(16)10-17-13/h2-5,10H,6-9H2,1H3. The molecule has 4 heterocycles. The number of anilines is 2. The van der Waals surface area contributed by atoms with Crippen molar-refractivity contribution in [2.75, 3.05) is 36.0 Å². The van der Waals surface area contributed by atoms with Crippen molar-refractivity contribution in [1.82, 2.24) is 24.8 Å². The number of nitrogens with zero attached hydrogens (tertiary/aromatic N) is 7. The lowest BCUT2D eigenvalue weighted by Gasteiger charge is -2.35. The van der Waals surface area contributed by atoms with Crippen molar-refractivity contribution in [2.45, 2.75) is 6.92 Å². The fourth-order valence-corrected chi connectivity index (χ4v) is 2.88. The molecule has 0 saturated carbocycles. The Labute approximate surface area is 138 Å². The second-order valence-corrected chi connectivity index (χ2v) is 5.94. The lowest BCUT2D eigenvalue weighted by Crippen LogP contribution is -2.47. The first-order chi connectivity index (χ1) is 11.2. The maximum absolute atomic E-state index is 5.89. The minimum atomic E-state index is 0.660. The van der Waals surface area contributed by atoms with Crippen molar-refractivity contribution in [3.63, 3.8) is 0 Å². The number of aromatic nitrogens is 5. The zero-order valence-electron chi connectivity index (χ0n) is 12.7. The minimum absolute atomic E-state index is 0.660. The number of piperazine rings is 1. The summed E-state index contributed by atoms with van der Waals surface area (Å²) in [5.74, 6) is 2.61. The van der Waals surface area contributed by atoms with Gasteiger partial charge in [0, 0.05) is 32.4 Å². The van der Waals surface area contributed by atoms with Crippen LogP contribution in [-0.2, 0) is 0 Å². The first-order valence-corrected chi connectivity index (χ1v) is 7.89. The fourth-order valence-electron chi connectivity index (χ4n) is 2.77. The molecule has 0 aliphatic carbocycles. The van der Waals surface area contributed by atoms with Gasteiger partial charge in [-0.1, -0.05) is 11.6 Å². The zero-order valence-corrected chi connectivity index (χ0v) is 13.5. The van der Waals surface area contributed by atoms with Crippen LogP contribution in [0, 0.1) is 6.92 Å². The highest BCUT2D eigenvalue weighted by atomic mass is 35.5. The third-order valence-corrected chi connectivity index (χ3v) is 4.16. The van der Waals surface area contributed by atoms with Crippen LogP contribution in [0.1, 0.15) is 5.82 Å². The molecule has 3 aromatic heterocycles. The molecule has 0 atom stereocenters. The van der Waals surface area contributed by atoms with Crippen molar-refractivity contribution in [2.24, 2.45) is 0 Å². The lowest BCUT2D eigenvalue weighted by atomic mass is 10.3. The number of rotatable bonds is 2. The zero-order chi connectivity index (χ0) is 15.8. The van der Waals surface area contributed by atoms with Crippen molar-refractivity contribution in [3.05, 3.63) is 41.3 Å². The summed E-state index contributed by atoms with van der Waals surface area (Å²) in [6, 6.07) is 7.79. The van der Waals surface area contributed by atoms with E-state index in [1.165, 1.54) is 0 Å². The van der Waals surface area contributed by atoms with Crippen LogP contribution in [0.2, 0.25) is 5.02 Å². The lowest BCUT2D eigenvalue weighted by molar-refractivity contribution is 0.631. The first kappa shape index (κ1) is 14.2. The summed E-state index contributed by atoms with van der Waals surface area (Å²) >= 11 is 5.89. The van der Waals surface area contributed by atoms with Gasteiger partial charge >= 0.3 is 0 Å². The Morgan fingerprint density at radius 2 is 1.61 bits per heavy atom. The van der Waals surface area contributed by atoms with Crippen LogP contribution in [0.5, 0.6) is 0 Å². The normalized spacial score (nSPS) is 15.4. The number of pyridine rings is 1. The van der Waals surface area contributed by atoms with E-state index in [0.29, 0.717) is 5.02 Å². The largest absolute Gasteiger partial charge is 0.353 e. The van der Waals surface area contributed by atoms with Gasteiger partial charge in [0.15, 0.2) is 11.5 Å². The minimum Gasteiger partial charge on any atom is -0.353 e. The Kier molecular flexibility index (Phi) is 3.49. The molecule has 8 heteroatoms. The second kappa shape index (κ2) is 5.66. The average molecular weight is 330 g/mol. The molecule has 7 nitrogen and oxygen atoms in total. The molecule has 1 saturated heterocycles. The molecule has 0 aromatic carbocycles. The van der Waals surface area contributed by atoms with E-state index in [1.54, 1.807) is 10.8 Å². The molecule has 0 amide bonds. The predicted molar refractivity (Wildman–Crippen MR) is 89.2 cm³/mol. The van der Waals surface area contributed by atoms with Gasteiger partial charge < -0.3 is 9.80 Å². The Morgan fingerprint density at radius 1 is 0.913 bits per heavy atom. The molecule has 0 N–H and O–H groups in total. The monoisotopic (exact) mass is 329 g/mol. The van der Waals surface area contributed by atoms with E-state index in [9.17, 15) is 0 Å². The number of aryl methyl sites for hydroxylation is 1. The Balaban J connectivity index is 1.48. The third kappa shape index (κ3) is 2.79. The Morgan fingerprint density at radius 3 is 2.30 bits per heavy atom. The molecule has 3 aromatic rings. The van der Waals surface area contributed by atoms with E-state index in [2.05, 4.69) is 30.0 Å². The van der Waals surface area contributed by atoms with Gasteiger partial charge in [-0.2, -0.15) is 0 Å². The molecule has 0 unspecified atom stereocenters. The molecular formula is C15H16ClN7. The summed E-state index contributed by atoms with van der Waals surface area (Å²) in [6.45, 7) is 5.43. The van der Waals surface area contributed by atoms with Gasteiger partial charge in [-0.15, -0.1) is 14.8 Å². The molecule has 23 heavy (non-hydrogen) atoms. The molecular weight excluding hydrogens is 314 g/mol. The summed E-state index contributed by atoms with van der Waals surface area (Å²) in [5.41, 5.74) is 0.773. The molecule has 1 fully saturated rings. The van der Waals surface area contributed by atoms with Gasteiger partial charge in [-0.3, -0.25) is 0 Å². The van der Waals surface area contributed by atoms with E-state index >= 15 is 0 Å². The van der Waals surface area contributed by atoms with Crippen LogP contribution in [-0.4, -0.2) is 51.0 Å². The van der Waals surface area contributed by atoms with Gasteiger partial charge in [0.05, 0.1) is 5.02 Å². The van der Waals surface area contributed by atoms with E-state index in [1.807, 2.05) is 31.2 Å². The van der Waals surface area contributed by atoms with Crippen LogP contribution in [0.15, 0.2) is 30.5 Å². The van der Waals surface area contributed by atoms with E-state index < -0.39 is 0 Å². The van der Waals surface area contributed by atoms with E-state index in [4.69, 9.17) is 11.6 Å². The number of halogens is 1. The van der Waals surface area contributed by atoms with Gasteiger partial charge in [-0.25, -0.2) is 9.97 Å². The number of hydrogen-bond donors (Lipinski definition) is 0. The Bertz CT molecular complexity index is 821. The SMILES string of the molecule is Cc1nc2ccc(N3CCN(c4ccc(Cl)cn4)CC3)nn2n1. The summed E-state index contributed by atoms with van der Waals surface area (Å²) in [6.07, 6.45) is 1.69. The highest BCUT2D eigenvalue weighted by Gasteiger charge is 2.19. The maximum Gasteiger partial charge on any atom is 0.176 e. The van der Waals surface area contributed by atoms with Gasteiger partial charge in [-0.05, 0) is 31.2 Å². The van der Waals surface area contributed by atoms with Gasteiger partial charge in [0.2, 0.25) is 0 Å².